The van der Waals surface area contributed by atoms with Crippen molar-refractivity contribution in [2.45, 2.75) is 12.8 Å². The number of halogens is 2. The molecule has 0 aliphatic carbocycles. The van der Waals surface area contributed by atoms with Crippen molar-refractivity contribution in [3.8, 4) is 6.07 Å². The normalized spacial score (nSPS) is 15.9. The number of hydrogen-bond acceptors (Lipinski definition) is 6. The molecule has 0 saturated carbocycles. The first-order valence-electron chi connectivity index (χ1n) is 9.91. The molecule has 1 aliphatic rings. The Morgan fingerprint density at radius 2 is 1.94 bits per heavy atom. The molecule has 0 bridgehead atoms. The SMILES string of the molecule is CCOC(=O)C1=c2sc(=Cc3cccc(F)c3)c(=O)n2C(N)=C(C#N)C1c1cccc(F)c1. The second-order valence-electron chi connectivity index (χ2n) is 7.14. The first-order chi connectivity index (χ1) is 15.8. The number of fused-ring (bicyclic) bond motifs is 1. The van der Waals surface area contributed by atoms with E-state index >= 15 is 0 Å². The van der Waals surface area contributed by atoms with Crippen molar-refractivity contribution in [1.29, 1.82) is 5.26 Å². The van der Waals surface area contributed by atoms with Gasteiger partial charge in [0, 0.05) is 0 Å². The minimum Gasteiger partial charge on any atom is -0.463 e. The molecule has 3 aromatic rings. The van der Waals surface area contributed by atoms with E-state index in [0.29, 0.717) is 11.1 Å². The van der Waals surface area contributed by atoms with E-state index in [4.69, 9.17) is 10.5 Å². The van der Waals surface area contributed by atoms with Crippen LogP contribution in [0.2, 0.25) is 0 Å². The maximum absolute atomic E-state index is 14.0. The van der Waals surface area contributed by atoms with E-state index in [1.807, 2.05) is 6.07 Å². The Morgan fingerprint density at radius 3 is 2.58 bits per heavy atom. The lowest BCUT2D eigenvalue weighted by atomic mass is 9.84. The van der Waals surface area contributed by atoms with E-state index in [1.54, 1.807) is 19.1 Å². The molecule has 2 heterocycles. The van der Waals surface area contributed by atoms with Crippen molar-refractivity contribution in [1.82, 2.24) is 4.57 Å². The lowest BCUT2D eigenvalue weighted by Crippen LogP contribution is -2.40. The number of rotatable bonds is 4. The smallest absolute Gasteiger partial charge is 0.338 e. The van der Waals surface area contributed by atoms with Crippen LogP contribution in [0.1, 0.15) is 24.0 Å². The van der Waals surface area contributed by atoms with Gasteiger partial charge >= 0.3 is 5.97 Å². The van der Waals surface area contributed by atoms with Gasteiger partial charge < -0.3 is 10.5 Å². The molecule has 1 unspecified atom stereocenters. The van der Waals surface area contributed by atoms with Gasteiger partial charge in [-0.15, -0.1) is 11.3 Å². The predicted molar refractivity (Wildman–Crippen MR) is 120 cm³/mol. The van der Waals surface area contributed by atoms with Crippen LogP contribution in [0.3, 0.4) is 0 Å². The Bertz CT molecular complexity index is 1530. The zero-order valence-corrected chi connectivity index (χ0v) is 18.2. The second kappa shape index (κ2) is 8.84. The molecule has 166 valence electrons. The molecule has 0 radical (unpaired) electrons. The van der Waals surface area contributed by atoms with Crippen molar-refractivity contribution >= 4 is 34.8 Å². The van der Waals surface area contributed by atoms with Crippen LogP contribution in [-0.4, -0.2) is 17.1 Å². The third kappa shape index (κ3) is 3.97. The number of nitrogens with zero attached hydrogens (tertiary/aromatic N) is 2. The molecule has 9 heteroatoms. The average molecular weight is 465 g/mol. The molecule has 4 rings (SSSR count). The van der Waals surface area contributed by atoms with Gasteiger partial charge in [0.05, 0.1) is 34.3 Å². The second-order valence-corrected chi connectivity index (χ2v) is 8.17. The van der Waals surface area contributed by atoms with Gasteiger partial charge in [-0.3, -0.25) is 9.36 Å². The van der Waals surface area contributed by atoms with E-state index in [0.717, 1.165) is 15.9 Å². The molecule has 2 N–H and O–H groups in total. The summed E-state index contributed by atoms with van der Waals surface area (Å²) in [5.74, 6) is -2.96. The van der Waals surface area contributed by atoms with Crippen LogP contribution in [0, 0.1) is 23.0 Å². The number of thiazole rings is 1. The van der Waals surface area contributed by atoms with Gasteiger partial charge in [0.2, 0.25) is 0 Å². The van der Waals surface area contributed by atoms with Crippen LogP contribution in [0.25, 0.3) is 17.5 Å². The average Bonchev–Trinajstić information content (AvgIpc) is 3.09. The number of allylic oxidation sites excluding steroid dienone is 1. The Morgan fingerprint density at radius 1 is 1.24 bits per heavy atom. The van der Waals surface area contributed by atoms with Crippen LogP contribution < -0.4 is 20.5 Å². The number of nitriles is 1. The number of esters is 1. The summed E-state index contributed by atoms with van der Waals surface area (Å²) in [6, 6.07) is 13.1. The molecular weight excluding hydrogens is 448 g/mol. The van der Waals surface area contributed by atoms with E-state index < -0.39 is 29.1 Å². The van der Waals surface area contributed by atoms with E-state index in [-0.39, 0.29) is 32.8 Å². The third-order valence-electron chi connectivity index (χ3n) is 5.09. The minimum absolute atomic E-state index is 0.00851. The zero-order chi connectivity index (χ0) is 23.7. The molecule has 2 aromatic carbocycles. The molecule has 33 heavy (non-hydrogen) atoms. The highest BCUT2D eigenvalue weighted by Gasteiger charge is 2.36. The zero-order valence-electron chi connectivity index (χ0n) is 17.3. The van der Waals surface area contributed by atoms with Crippen molar-refractivity contribution in [3.63, 3.8) is 0 Å². The van der Waals surface area contributed by atoms with Gasteiger partial charge in [0.25, 0.3) is 5.56 Å². The van der Waals surface area contributed by atoms with Crippen LogP contribution >= 0.6 is 11.3 Å². The number of nitrogens with two attached hydrogens (primary N) is 1. The summed E-state index contributed by atoms with van der Waals surface area (Å²) in [5, 5.41) is 9.87. The summed E-state index contributed by atoms with van der Waals surface area (Å²) in [6.07, 6.45) is 1.47. The number of aromatic nitrogens is 1. The highest BCUT2D eigenvalue weighted by Crippen LogP contribution is 2.36. The Kier molecular flexibility index (Phi) is 5.94. The molecule has 0 fully saturated rings. The van der Waals surface area contributed by atoms with Crippen molar-refractivity contribution in [2.24, 2.45) is 5.73 Å². The van der Waals surface area contributed by atoms with Crippen molar-refractivity contribution in [3.05, 3.63) is 96.4 Å². The molecule has 0 spiro atoms. The molecule has 1 atom stereocenters. The Hall–Kier alpha value is -4.03. The van der Waals surface area contributed by atoms with Gasteiger partial charge in [-0.1, -0.05) is 24.3 Å². The maximum Gasteiger partial charge on any atom is 0.338 e. The van der Waals surface area contributed by atoms with Gasteiger partial charge in [0.1, 0.15) is 22.1 Å². The van der Waals surface area contributed by atoms with Crippen molar-refractivity contribution < 1.29 is 18.3 Å². The first-order valence-corrected chi connectivity index (χ1v) is 10.7. The summed E-state index contributed by atoms with van der Waals surface area (Å²) in [6.45, 7) is 1.68. The number of benzene rings is 2. The van der Waals surface area contributed by atoms with E-state index in [1.165, 1.54) is 42.5 Å². The first kappa shape index (κ1) is 22.2. The lowest BCUT2D eigenvalue weighted by molar-refractivity contribution is -0.136. The van der Waals surface area contributed by atoms with Gasteiger partial charge in [-0.05, 0) is 48.4 Å². The molecule has 0 amide bonds. The van der Waals surface area contributed by atoms with Crippen LogP contribution in [-0.2, 0) is 9.53 Å². The summed E-state index contributed by atoms with van der Waals surface area (Å²) >= 11 is 0.961. The van der Waals surface area contributed by atoms with E-state index in [2.05, 4.69) is 0 Å². The number of hydrogen-bond donors (Lipinski definition) is 1. The quantitative estimate of drug-likeness (QED) is 0.596. The summed E-state index contributed by atoms with van der Waals surface area (Å²) in [7, 11) is 0. The minimum atomic E-state index is -1.02. The fourth-order valence-corrected chi connectivity index (χ4v) is 4.89. The Balaban J connectivity index is 2.10. The highest BCUT2D eigenvalue weighted by molar-refractivity contribution is 7.07. The molecule has 1 aromatic heterocycles. The standard InChI is InChI=1S/C24H17F2N3O3S/c1-2-32-24(31)20-19(14-6-4-8-16(26)11-14)17(12-27)21(28)29-22(30)18(33-23(20)29)10-13-5-3-7-15(25)9-13/h3-11,19H,2,28H2,1H3. The monoisotopic (exact) mass is 465 g/mol. The van der Waals surface area contributed by atoms with Gasteiger partial charge in [0.15, 0.2) is 0 Å². The Labute approximate surface area is 190 Å². The largest absolute Gasteiger partial charge is 0.463 e. The molecule has 0 saturated heterocycles. The molecule has 6 nitrogen and oxygen atoms in total. The molecule has 1 aliphatic heterocycles. The van der Waals surface area contributed by atoms with Crippen LogP contribution in [0.15, 0.2) is 58.9 Å². The van der Waals surface area contributed by atoms with Gasteiger partial charge in [-0.2, -0.15) is 5.26 Å². The summed E-state index contributed by atoms with van der Waals surface area (Å²) in [5.41, 5.74) is 6.35. The van der Waals surface area contributed by atoms with Crippen molar-refractivity contribution in [2.75, 3.05) is 6.61 Å². The third-order valence-corrected chi connectivity index (χ3v) is 6.20. The summed E-state index contributed by atoms with van der Waals surface area (Å²) < 4.78 is 34.3. The summed E-state index contributed by atoms with van der Waals surface area (Å²) in [4.78, 5) is 26.2. The van der Waals surface area contributed by atoms with Gasteiger partial charge in [-0.25, -0.2) is 13.6 Å². The van der Waals surface area contributed by atoms with Crippen LogP contribution in [0.4, 0.5) is 8.78 Å². The number of carbonyl (C=O) groups excluding carboxylic acids is 1. The van der Waals surface area contributed by atoms with Crippen LogP contribution in [0.5, 0.6) is 0 Å². The fraction of sp³-hybridized carbons (Fsp3) is 0.125. The lowest BCUT2D eigenvalue weighted by Gasteiger charge is -2.24. The fourth-order valence-electron chi connectivity index (χ4n) is 3.72. The topological polar surface area (TPSA) is 98.1 Å². The number of ether oxygens (including phenoxy) is 1. The predicted octanol–water partition coefficient (Wildman–Crippen LogP) is 2.18. The maximum atomic E-state index is 14.0. The number of carbonyl (C=O) groups is 1. The highest BCUT2D eigenvalue weighted by atomic mass is 32.1. The van der Waals surface area contributed by atoms with E-state index in [9.17, 15) is 23.6 Å². The molecular formula is C24H17F2N3O3S.